The van der Waals surface area contributed by atoms with Gasteiger partial charge >= 0.3 is 5.97 Å². The summed E-state index contributed by atoms with van der Waals surface area (Å²) in [5.41, 5.74) is 0.0510. The molecule has 0 saturated carbocycles. The number of nitrogens with zero attached hydrogens (tertiary/aromatic N) is 3. The molecule has 2 aliphatic rings. The summed E-state index contributed by atoms with van der Waals surface area (Å²) >= 11 is 0. The van der Waals surface area contributed by atoms with Crippen LogP contribution in [-0.2, 0) is 4.74 Å². The molecular formula is C13H17N3O5. The number of carboxylic acid groups (broad SMARTS) is 1. The highest BCUT2D eigenvalue weighted by atomic mass is 16.5. The number of hydrogen-bond donors (Lipinski definition) is 1. The van der Waals surface area contributed by atoms with E-state index in [4.69, 9.17) is 9.84 Å². The highest BCUT2D eigenvalue weighted by Gasteiger charge is 2.32. The van der Waals surface area contributed by atoms with Gasteiger partial charge < -0.3 is 19.3 Å². The molecule has 0 aromatic carbocycles. The summed E-state index contributed by atoms with van der Waals surface area (Å²) in [6, 6.07) is 1.51. The van der Waals surface area contributed by atoms with Crippen LogP contribution in [-0.4, -0.2) is 77.4 Å². The lowest BCUT2D eigenvalue weighted by molar-refractivity contribution is 0.0185. The molecule has 0 aliphatic carbocycles. The van der Waals surface area contributed by atoms with Gasteiger partial charge in [-0.1, -0.05) is 5.16 Å². The van der Waals surface area contributed by atoms with Gasteiger partial charge in [-0.3, -0.25) is 9.69 Å². The Morgan fingerprint density at radius 3 is 2.71 bits per heavy atom. The van der Waals surface area contributed by atoms with Gasteiger partial charge in [0.1, 0.15) is 0 Å². The second-order valence-corrected chi connectivity index (χ2v) is 5.22. The Labute approximate surface area is 121 Å². The number of carbonyl (C=O) groups excluding carboxylic acids is 1. The van der Waals surface area contributed by atoms with E-state index < -0.39 is 5.97 Å². The molecule has 1 aromatic heterocycles. The third kappa shape index (κ3) is 2.91. The van der Waals surface area contributed by atoms with E-state index in [2.05, 4.69) is 14.6 Å². The van der Waals surface area contributed by atoms with Gasteiger partial charge in [-0.2, -0.15) is 0 Å². The van der Waals surface area contributed by atoms with Gasteiger partial charge in [0.2, 0.25) is 5.76 Å². The van der Waals surface area contributed by atoms with Crippen LogP contribution in [0.3, 0.4) is 0 Å². The van der Waals surface area contributed by atoms with Gasteiger partial charge in [-0.15, -0.1) is 0 Å². The number of ether oxygens (including phenoxy) is 1. The molecule has 2 saturated heterocycles. The van der Waals surface area contributed by atoms with Crippen molar-refractivity contribution in [2.45, 2.75) is 12.5 Å². The summed E-state index contributed by atoms with van der Waals surface area (Å²) in [5.74, 6) is -1.82. The Hall–Kier alpha value is -1.93. The second kappa shape index (κ2) is 5.82. The maximum atomic E-state index is 12.3. The zero-order chi connectivity index (χ0) is 14.8. The van der Waals surface area contributed by atoms with Crippen molar-refractivity contribution in [2.75, 3.05) is 39.4 Å². The molecular weight excluding hydrogens is 278 g/mol. The SMILES string of the molecule is O=C(O)c1cc(C(=O)N2CCC(N3CCOCC3)C2)no1. The minimum Gasteiger partial charge on any atom is -0.475 e. The third-order valence-corrected chi connectivity index (χ3v) is 3.95. The molecule has 1 unspecified atom stereocenters. The van der Waals surface area contributed by atoms with Crippen LogP contribution in [0.25, 0.3) is 0 Å². The van der Waals surface area contributed by atoms with Crippen LogP contribution in [0.2, 0.25) is 0 Å². The van der Waals surface area contributed by atoms with Crippen LogP contribution in [0.5, 0.6) is 0 Å². The molecule has 8 nitrogen and oxygen atoms in total. The molecule has 3 heterocycles. The van der Waals surface area contributed by atoms with Crippen molar-refractivity contribution in [3.63, 3.8) is 0 Å². The predicted octanol–water partition coefficient (Wildman–Crippen LogP) is -0.0805. The summed E-state index contributed by atoms with van der Waals surface area (Å²) in [5, 5.41) is 12.3. The number of likely N-dealkylation sites (tertiary alicyclic amines) is 1. The van der Waals surface area contributed by atoms with Crippen LogP contribution < -0.4 is 0 Å². The number of rotatable bonds is 3. The van der Waals surface area contributed by atoms with E-state index in [1.54, 1.807) is 4.90 Å². The number of carboxylic acids is 1. The van der Waals surface area contributed by atoms with Crippen LogP contribution >= 0.6 is 0 Å². The standard InChI is InChI=1S/C13H17N3O5/c17-12(10-7-11(13(18)19)21-14-10)16-2-1-9(8-16)15-3-5-20-6-4-15/h7,9H,1-6,8H2,(H,18,19). The zero-order valence-electron chi connectivity index (χ0n) is 11.5. The van der Waals surface area contributed by atoms with E-state index >= 15 is 0 Å². The Kier molecular flexibility index (Phi) is 3.89. The smallest absolute Gasteiger partial charge is 0.374 e. The molecule has 1 amide bonds. The predicted molar refractivity (Wildman–Crippen MR) is 70.2 cm³/mol. The highest BCUT2D eigenvalue weighted by molar-refractivity contribution is 5.95. The first-order chi connectivity index (χ1) is 10.1. The van der Waals surface area contributed by atoms with Crippen molar-refractivity contribution in [2.24, 2.45) is 0 Å². The van der Waals surface area contributed by atoms with Crippen LogP contribution in [0.1, 0.15) is 27.5 Å². The van der Waals surface area contributed by atoms with Crippen molar-refractivity contribution >= 4 is 11.9 Å². The molecule has 2 aliphatic heterocycles. The first kappa shape index (κ1) is 14.0. The lowest BCUT2D eigenvalue weighted by atomic mass is 10.2. The Morgan fingerprint density at radius 2 is 2.05 bits per heavy atom. The van der Waals surface area contributed by atoms with E-state index in [1.807, 2.05) is 0 Å². The number of hydrogen-bond acceptors (Lipinski definition) is 6. The summed E-state index contributed by atoms with van der Waals surface area (Å²) in [6.07, 6.45) is 0.912. The summed E-state index contributed by atoms with van der Waals surface area (Å²) in [6.45, 7) is 4.52. The van der Waals surface area contributed by atoms with Crippen molar-refractivity contribution in [1.29, 1.82) is 0 Å². The monoisotopic (exact) mass is 295 g/mol. The summed E-state index contributed by atoms with van der Waals surface area (Å²) in [4.78, 5) is 27.1. The normalized spacial score (nSPS) is 23.4. The Balaban J connectivity index is 1.62. The minimum atomic E-state index is -1.23. The van der Waals surface area contributed by atoms with Crippen molar-refractivity contribution in [3.05, 3.63) is 17.5 Å². The third-order valence-electron chi connectivity index (χ3n) is 3.95. The molecule has 3 rings (SSSR count). The number of amides is 1. The summed E-state index contributed by atoms with van der Waals surface area (Å²) < 4.78 is 9.95. The molecule has 114 valence electrons. The highest BCUT2D eigenvalue weighted by Crippen LogP contribution is 2.19. The average Bonchev–Trinajstić information content (AvgIpc) is 3.17. The van der Waals surface area contributed by atoms with Gasteiger partial charge in [-0.05, 0) is 6.42 Å². The maximum absolute atomic E-state index is 12.3. The number of carbonyl (C=O) groups is 2. The topological polar surface area (TPSA) is 96.1 Å². The van der Waals surface area contributed by atoms with Crippen LogP contribution in [0, 0.1) is 0 Å². The fraction of sp³-hybridized carbons (Fsp3) is 0.615. The molecule has 1 atom stereocenters. The van der Waals surface area contributed by atoms with Crippen molar-refractivity contribution in [3.8, 4) is 0 Å². The first-order valence-electron chi connectivity index (χ1n) is 6.96. The quantitative estimate of drug-likeness (QED) is 0.833. The van der Waals surface area contributed by atoms with Crippen molar-refractivity contribution in [1.82, 2.24) is 15.0 Å². The molecule has 0 radical (unpaired) electrons. The van der Waals surface area contributed by atoms with Crippen molar-refractivity contribution < 1.29 is 24.0 Å². The Morgan fingerprint density at radius 1 is 1.29 bits per heavy atom. The first-order valence-corrected chi connectivity index (χ1v) is 6.96. The number of aromatic nitrogens is 1. The van der Waals surface area contributed by atoms with E-state index in [9.17, 15) is 9.59 Å². The van der Waals surface area contributed by atoms with E-state index in [0.717, 1.165) is 32.7 Å². The van der Waals surface area contributed by atoms with E-state index in [-0.39, 0.29) is 17.4 Å². The van der Waals surface area contributed by atoms with Gasteiger partial charge in [0, 0.05) is 38.3 Å². The lowest BCUT2D eigenvalue weighted by Gasteiger charge is -2.31. The second-order valence-electron chi connectivity index (χ2n) is 5.22. The summed E-state index contributed by atoms with van der Waals surface area (Å²) in [7, 11) is 0. The fourth-order valence-corrected chi connectivity index (χ4v) is 2.81. The number of morpholine rings is 1. The van der Waals surface area contributed by atoms with Crippen LogP contribution in [0.15, 0.2) is 10.6 Å². The molecule has 0 bridgehead atoms. The lowest BCUT2D eigenvalue weighted by Crippen LogP contribution is -2.45. The molecule has 2 fully saturated rings. The van der Waals surface area contributed by atoms with Gasteiger partial charge in [-0.25, -0.2) is 4.79 Å². The molecule has 1 aromatic rings. The largest absolute Gasteiger partial charge is 0.475 e. The zero-order valence-corrected chi connectivity index (χ0v) is 11.5. The molecule has 1 N–H and O–H groups in total. The van der Waals surface area contributed by atoms with Gasteiger partial charge in [0.05, 0.1) is 13.2 Å². The van der Waals surface area contributed by atoms with Gasteiger partial charge in [0.15, 0.2) is 5.69 Å². The maximum Gasteiger partial charge on any atom is 0.374 e. The van der Waals surface area contributed by atoms with E-state index in [1.165, 1.54) is 6.07 Å². The number of aromatic carboxylic acids is 1. The molecule has 21 heavy (non-hydrogen) atoms. The van der Waals surface area contributed by atoms with E-state index in [0.29, 0.717) is 19.1 Å². The minimum absolute atomic E-state index is 0.0510. The van der Waals surface area contributed by atoms with Crippen LogP contribution in [0.4, 0.5) is 0 Å². The molecule has 8 heteroatoms. The molecule has 0 spiro atoms. The van der Waals surface area contributed by atoms with Gasteiger partial charge in [0.25, 0.3) is 5.91 Å². The Bertz CT molecular complexity index is 538. The average molecular weight is 295 g/mol. The fourth-order valence-electron chi connectivity index (χ4n) is 2.81.